The third-order valence-corrected chi connectivity index (χ3v) is 5.67. The van der Waals surface area contributed by atoms with E-state index in [0.717, 1.165) is 41.7 Å². The first-order valence-electron chi connectivity index (χ1n) is 11.6. The van der Waals surface area contributed by atoms with E-state index >= 15 is 0 Å². The van der Waals surface area contributed by atoms with Gasteiger partial charge in [0.05, 0.1) is 11.1 Å². The number of imidazole rings is 1. The lowest BCUT2D eigenvalue weighted by Gasteiger charge is -2.11. The Morgan fingerprint density at radius 2 is 1.71 bits per heavy atom. The number of amides is 1. The van der Waals surface area contributed by atoms with Gasteiger partial charge in [0.1, 0.15) is 11.6 Å². The molecule has 7 heteroatoms. The summed E-state index contributed by atoms with van der Waals surface area (Å²) < 4.78 is 2.16. The van der Waals surface area contributed by atoms with E-state index in [-0.39, 0.29) is 11.5 Å². The van der Waals surface area contributed by atoms with Crippen molar-refractivity contribution in [1.29, 1.82) is 0 Å². The van der Waals surface area contributed by atoms with Crippen LogP contribution in [0.1, 0.15) is 54.9 Å². The molecule has 2 N–H and O–H groups in total. The SMILES string of the molecule is CCCC(=O)Nc1ccc2c(n1)nc(CCC)n2Cc1ccc(-c2ccccc2C(=O)O)cc1. The average Bonchev–Trinajstić information content (AvgIpc) is 3.16. The quantitative estimate of drug-likeness (QED) is 0.345. The van der Waals surface area contributed by atoms with Crippen LogP contribution in [-0.4, -0.2) is 31.5 Å². The summed E-state index contributed by atoms with van der Waals surface area (Å²) in [7, 11) is 0. The van der Waals surface area contributed by atoms with Crippen molar-refractivity contribution in [2.45, 2.75) is 46.1 Å². The number of benzene rings is 2. The molecular weight excluding hydrogens is 428 g/mol. The number of carbonyl (C=O) groups is 2. The molecule has 4 rings (SSSR count). The Kier molecular flexibility index (Phi) is 7.01. The summed E-state index contributed by atoms with van der Waals surface area (Å²) >= 11 is 0. The largest absolute Gasteiger partial charge is 0.478 e. The van der Waals surface area contributed by atoms with Gasteiger partial charge >= 0.3 is 5.97 Å². The third kappa shape index (κ3) is 4.98. The summed E-state index contributed by atoms with van der Waals surface area (Å²) in [6, 6.07) is 18.7. The third-order valence-electron chi connectivity index (χ3n) is 5.67. The number of rotatable bonds is 9. The molecule has 0 atom stereocenters. The van der Waals surface area contributed by atoms with Crippen LogP contribution in [-0.2, 0) is 17.8 Å². The molecule has 0 fully saturated rings. The number of carboxylic acids is 1. The highest BCUT2D eigenvalue weighted by Gasteiger charge is 2.14. The number of nitrogens with one attached hydrogen (secondary N) is 1. The number of fused-ring (bicyclic) bond motifs is 1. The zero-order valence-electron chi connectivity index (χ0n) is 19.4. The minimum atomic E-state index is -0.938. The molecule has 0 aliphatic rings. The van der Waals surface area contributed by atoms with E-state index in [0.29, 0.717) is 30.0 Å². The van der Waals surface area contributed by atoms with Gasteiger partial charge in [0, 0.05) is 19.4 Å². The number of hydrogen-bond donors (Lipinski definition) is 2. The van der Waals surface area contributed by atoms with Gasteiger partial charge in [0.2, 0.25) is 5.91 Å². The lowest BCUT2D eigenvalue weighted by atomic mass is 9.99. The second-order valence-electron chi connectivity index (χ2n) is 8.25. The van der Waals surface area contributed by atoms with Gasteiger partial charge in [0.15, 0.2) is 5.65 Å². The van der Waals surface area contributed by atoms with Crippen LogP contribution in [0, 0.1) is 0 Å². The van der Waals surface area contributed by atoms with Crippen molar-refractivity contribution in [3.8, 4) is 11.1 Å². The highest BCUT2D eigenvalue weighted by Crippen LogP contribution is 2.25. The predicted octanol–water partition coefficient (Wildman–Crippen LogP) is 5.54. The van der Waals surface area contributed by atoms with Crippen molar-refractivity contribution in [3.05, 3.63) is 77.6 Å². The first-order valence-corrected chi connectivity index (χ1v) is 11.6. The number of carboxylic acid groups (broad SMARTS) is 1. The van der Waals surface area contributed by atoms with E-state index in [2.05, 4.69) is 21.8 Å². The number of hydrogen-bond acceptors (Lipinski definition) is 4. The normalized spacial score (nSPS) is 11.0. The standard InChI is InChI=1S/C27H28N4O3/c1-3-7-24-30-26-22(15-16-23(29-26)28-25(32)8-4-2)31(24)17-18-11-13-19(14-12-18)20-9-5-6-10-21(20)27(33)34/h5-6,9-16H,3-4,7-8,17H2,1-2H3,(H,33,34)(H,28,29,32). The summed E-state index contributed by atoms with van der Waals surface area (Å²) in [4.78, 5) is 32.8. The molecule has 0 spiro atoms. The first-order chi connectivity index (χ1) is 16.5. The minimum absolute atomic E-state index is 0.0490. The van der Waals surface area contributed by atoms with Gasteiger partial charge in [-0.3, -0.25) is 4.79 Å². The van der Waals surface area contributed by atoms with Crippen LogP contribution in [0.4, 0.5) is 5.82 Å². The lowest BCUT2D eigenvalue weighted by molar-refractivity contribution is -0.116. The summed E-state index contributed by atoms with van der Waals surface area (Å²) in [5.41, 5.74) is 4.45. The fraction of sp³-hybridized carbons (Fsp3) is 0.259. The molecule has 2 aromatic carbocycles. The number of aromatic carboxylic acids is 1. The molecule has 0 aliphatic heterocycles. The van der Waals surface area contributed by atoms with Gasteiger partial charge in [-0.15, -0.1) is 0 Å². The minimum Gasteiger partial charge on any atom is -0.478 e. The van der Waals surface area contributed by atoms with Crippen LogP contribution in [0.3, 0.4) is 0 Å². The van der Waals surface area contributed by atoms with Crippen molar-refractivity contribution in [1.82, 2.24) is 14.5 Å². The number of aromatic nitrogens is 3. The van der Waals surface area contributed by atoms with Gasteiger partial charge < -0.3 is 15.0 Å². The molecule has 0 bridgehead atoms. The number of aryl methyl sites for hydroxylation is 1. The van der Waals surface area contributed by atoms with Crippen LogP contribution < -0.4 is 5.32 Å². The maximum Gasteiger partial charge on any atom is 0.336 e. The number of anilines is 1. The van der Waals surface area contributed by atoms with E-state index in [1.165, 1.54) is 0 Å². The van der Waals surface area contributed by atoms with Gasteiger partial charge in [0.25, 0.3) is 0 Å². The second-order valence-corrected chi connectivity index (χ2v) is 8.25. The van der Waals surface area contributed by atoms with Gasteiger partial charge in [-0.05, 0) is 47.7 Å². The van der Waals surface area contributed by atoms with E-state index < -0.39 is 5.97 Å². The molecule has 0 aliphatic carbocycles. The molecule has 34 heavy (non-hydrogen) atoms. The van der Waals surface area contributed by atoms with Crippen molar-refractivity contribution in [2.24, 2.45) is 0 Å². The fourth-order valence-corrected chi connectivity index (χ4v) is 4.04. The average molecular weight is 457 g/mol. The summed E-state index contributed by atoms with van der Waals surface area (Å²) in [6.45, 7) is 4.70. The van der Waals surface area contributed by atoms with Crippen molar-refractivity contribution in [3.63, 3.8) is 0 Å². The summed E-state index contributed by atoms with van der Waals surface area (Å²) in [5, 5.41) is 12.3. The van der Waals surface area contributed by atoms with Crippen LogP contribution in [0.25, 0.3) is 22.3 Å². The Balaban J connectivity index is 1.63. The number of pyridine rings is 1. The van der Waals surface area contributed by atoms with Crippen molar-refractivity contribution in [2.75, 3.05) is 5.32 Å². The molecule has 2 aromatic heterocycles. The Labute approximate surface area is 198 Å². The van der Waals surface area contributed by atoms with E-state index in [1.54, 1.807) is 12.1 Å². The highest BCUT2D eigenvalue weighted by molar-refractivity contribution is 5.96. The van der Waals surface area contributed by atoms with Crippen LogP contribution in [0.15, 0.2) is 60.7 Å². The molecular formula is C27H28N4O3. The van der Waals surface area contributed by atoms with E-state index in [1.807, 2.05) is 55.5 Å². The van der Waals surface area contributed by atoms with E-state index in [4.69, 9.17) is 4.98 Å². The fourth-order valence-electron chi connectivity index (χ4n) is 4.04. The Hall–Kier alpha value is -4.00. The van der Waals surface area contributed by atoms with Gasteiger partial charge in [-0.1, -0.05) is 56.3 Å². The highest BCUT2D eigenvalue weighted by atomic mass is 16.4. The van der Waals surface area contributed by atoms with Crippen molar-refractivity contribution < 1.29 is 14.7 Å². The first kappa shape index (κ1) is 23.2. The smallest absolute Gasteiger partial charge is 0.336 e. The predicted molar refractivity (Wildman–Crippen MR) is 133 cm³/mol. The van der Waals surface area contributed by atoms with Crippen LogP contribution in [0.5, 0.6) is 0 Å². The number of nitrogens with zero attached hydrogens (tertiary/aromatic N) is 3. The monoisotopic (exact) mass is 456 g/mol. The Bertz CT molecular complexity index is 1330. The maximum atomic E-state index is 11.9. The molecule has 4 aromatic rings. The lowest BCUT2D eigenvalue weighted by Crippen LogP contribution is -2.11. The molecule has 1 amide bonds. The van der Waals surface area contributed by atoms with Crippen LogP contribution >= 0.6 is 0 Å². The number of carbonyl (C=O) groups excluding carboxylic acids is 1. The molecule has 0 saturated carbocycles. The van der Waals surface area contributed by atoms with Crippen LogP contribution in [0.2, 0.25) is 0 Å². The Morgan fingerprint density at radius 3 is 2.41 bits per heavy atom. The molecule has 0 unspecified atom stereocenters. The molecule has 174 valence electrons. The Morgan fingerprint density at radius 1 is 0.941 bits per heavy atom. The van der Waals surface area contributed by atoms with Gasteiger partial charge in [-0.25, -0.2) is 14.8 Å². The maximum absolute atomic E-state index is 11.9. The van der Waals surface area contributed by atoms with Gasteiger partial charge in [-0.2, -0.15) is 0 Å². The van der Waals surface area contributed by atoms with E-state index in [9.17, 15) is 14.7 Å². The summed E-state index contributed by atoms with van der Waals surface area (Å²) in [6.07, 6.45) is 3.01. The zero-order chi connectivity index (χ0) is 24.1. The second kappa shape index (κ2) is 10.3. The molecule has 0 radical (unpaired) electrons. The topological polar surface area (TPSA) is 97.1 Å². The zero-order valence-corrected chi connectivity index (χ0v) is 19.4. The van der Waals surface area contributed by atoms with Crippen molar-refractivity contribution >= 4 is 28.9 Å². The molecule has 2 heterocycles. The summed E-state index contributed by atoms with van der Waals surface area (Å²) in [5.74, 6) is 0.473. The molecule has 7 nitrogen and oxygen atoms in total. The molecule has 0 saturated heterocycles.